The molecule has 0 spiro atoms. The van der Waals surface area contributed by atoms with E-state index in [0.717, 1.165) is 24.6 Å². The zero-order valence-electron chi connectivity index (χ0n) is 9.73. The summed E-state index contributed by atoms with van der Waals surface area (Å²) in [6.45, 7) is 2.17. The maximum absolute atomic E-state index is 10.00. The number of aliphatic hydroxyl groups is 1. The number of likely N-dealkylation sites (N-methyl/N-ethyl adjacent to an activating group) is 1. The first kappa shape index (κ1) is 12.2. The normalized spacial score (nSPS) is 16.9. The lowest BCUT2D eigenvalue weighted by Crippen LogP contribution is -2.37. The minimum atomic E-state index is -0.578. The van der Waals surface area contributed by atoms with E-state index < -0.39 is 6.10 Å². The van der Waals surface area contributed by atoms with Crippen LogP contribution in [0.1, 0.15) is 11.7 Å². The summed E-state index contributed by atoms with van der Waals surface area (Å²) in [7, 11) is 1.98. The third-order valence-corrected chi connectivity index (χ3v) is 2.98. The van der Waals surface area contributed by atoms with Crippen molar-refractivity contribution in [1.82, 2.24) is 10.2 Å². The molecule has 2 rings (SSSR count). The molecule has 1 heterocycles. The van der Waals surface area contributed by atoms with Gasteiger partial charge in [-0.25, -0.2) is 0 Å². The van der Waals surface area contributed by atoms with Crippen LogP contribution in [0.2, 0.25) is 5.02 Å². The number of nitrogens with one attached hydrogen (secondary N) is 1. The first-order valence-corrected chi connectivity index (χ1v) is 5.97. The van der Waals surface area contributed by atoms with Gasteiger partial charge in [0.05, 0.1) is 12.6 Å². The van der Waals surface area contributed by atoms with E-state index in [-0.39, 0.29) is 0 Å². The molecule has 0 fully saturated rings. The summed E-state index contributed by atoms with van der Waals surface area (Å²) >= 11 is 5.88. The van der Waals surface area contributed by atoms with Crippen LogP contribution >= 0.6 is 11.6 Å². The fraction of sp³-hybridized carbons (Fsp3) is 0.417. The Kier molecular flexibility index (Phi) is 3.86. The minimum Gasteiger partial charge on any atom is -0.387 e. The molecule has 1 unspecified atom stereocenters. The average Bonchev–Trinajstić information content (AvgIpc) is 2.72. The molecule has 0 bridgehead atoms. The highest BCUT2D eigenvalue weighted by atomic mass is 35.5. The number of hydrogen-bond acceptors (Lipinski definition) is 4. The first-order valence-electron chi connectivity index (χ1n) is 5.60. The van der Waals surface area contributed by atoms with Gasteiger partial charge in [-0.3, -0.25) is 4.99 Å². The molecule has 1 aliphatic rings. The van der Waals surface area contributed by atoms with Gasteiger partial charge in [0.25, 0.3) is 0 Å². The summed E-state index contributed by atoms with van der Waals surface area (Å²) in [5.74, 6) is 0.839. The number of guanidine groups is 1. The second-order valence-corrected chi connectivity index (χ2v) is 4.52. The van der Waals surface area contributed by atoms with Crippen molar-refractivity contribution in [2.45, 2.75) is 6.10 Å². The Bertz CT molecular complexity index is 422. The number of halogens is 1. The zero-order valence-corrected chi connectivity index (χ0v) is 10.5. The molecular weight excluding hydrogens is 238 g/mol. The van der Waals surface area contributed by atoms with Crippen LogP contribution in [-0.2, 0) is 0 Å². The van der Waals surface area contributed by atoms with Gasteiger partial charge in [0.15, 0.2) is 5.96 Å². The monoisotopic (exact) mass is 253 g/mol. The van der Waals surface area contributed by atoms with Crippen molar-refractivity contribution < 1.29 is 5.11 Å². The summed E-state index contributed by atoms with van der Waals surface area (Å²) in [5.41, 5.74) is 0.811. The molecule has 1 aromatic rings. The van der Waals surface area contributed by atoms with Gasteiger partial charge >= 0.3 is 0 Å². The van der Waals surface area contributed by atoms with Crippen LogP contribution in [0.5, 0.6) is 0 Å². The second kappa shape index (κ2) is 5.38. The minimum absolute atomic E-state index is 0.434. The molecule has 1 atom stereocenters. The van der Waals surface area contributed by atoms with E-state index in [1.54, 1.807) is 12.1 Å². The fourth-order valence-electron chi connectivity index (χ4n) is 1.74. The topological polar surface area (TPSA) is 47.9 Å². The fourth-order valence-corrected chi connectivity index (χ4v) is 1.94. The number of nitrogens with zero attached hydrogens (tertiary/aromatic N) is 2. The van der Waals surface area contributed by atoms with Crippen molar-refractivity contribution in [3.05, 3.63) is 34.9 Å². The summed E-state index contributed by atoms with van der Waals surface area (Å²) < 4.78 is 0. The molecule has 1 aromatic carbocycles. The van der Waals surface area contributed by atoms with Gasteiger partial charge in [0, 0.05) is 25.2 Å². The molecule has 5 heteroatoms. The predicted molar refractivity (Wildman–Crippen MR) is 69.3 cm³/mol. The molecular formula is C12H16ClN3O. The van der Waals surface area contributed by atoms with E-state index in [1.807, 2.05) is 24.1 Å². The van der Waals surface area contributed by atoms with E-state index in [9.17, 15) is 5.11 Å². The average molecular weight is 254 g/mol. The lowest BCUT2D eigenvalue weighted by Gasteiger charge is -2.18. The van der Waals surface area contributed by atoms with Crippen molar-refractivity contribution in [2.75, 3.05) is 26.7 Å². The predicted octanol–water partition coefficient (Wildman–Crippen LogP) is 1.26. The summed E-state index contributed by atoms with van der Waals surface area (Å²) in [6, 6.07) is 7.26. The molecule has 0 aliphatic carbocycles. The number of rotatable bonds is 3. The van der Waals surface area contributed by atoms with Gasteiger partial charge in [0.2, 0.25) is 0 Å². The highest BCUT2D eigenvalue weighted by Gasteiger charge is 2.14. The second-order valence-electron chi connectivity index (χ2n) is 4.08. The molecule has 0 saturated heterocycles. The van der Waals surface area contributed by atoms with Crippen molar-refractivity contribution in [3.63, 3.8) is 0 Å². The van der Waals surface area contributed by atoms with Crippen LogP contribution in [-0.4, -0.2) is 42.6 Å². The third-order valence-electron chi connectivity index (χ3n) is 2.75. The van der Waals surface area contributed by atoms with Crippen LogP contribution in [0.3, 0.4) is 0 Å². The van der Waals surface area contributed by atoms with Crippen molar-refractivity contribution in [2.24, 2.45) is 4.99 Å². The largest absolute Gasteiger partial charge is 0.387 e. The van der Waals surface area contributed by atoms with Gasteiger partial charge in [-0.05, 0) is 17.7 Å². The van der Waals surface area contributed by atoms with Gasteiger partial charge in [-0.15, -0.1) is 0 Å². The molecule has 0 amide bonds. The van der Waals surface area contributed by atoms with Crippen molar-refractivity contribution >= 4 is 17.6 Å². The van der Waals surface area contributed by atoms with Crippen LogP contribution in [0.25, 0.3) is 0 Å². The quantitative estimate of drug-likeness (QED) is 0.853. The zero-order chi connectivity index (χ0) is 12.3. The van der Waals surface area contributed by atoms with E-state index >= 15 is 0 Å². The third kappa shape index (κ3) is 3.11. The Morgan fingerprint density at radius 1 is 1.59 bits per heavy atom. The van der Waals surface area contributed by atoms with Crippen LogP contribution < -0.4 is 5.32 Å². The highest BCUT2D eigenvalue weighted by molar-refractivity contribution is 6.30. The van der Waals surface area contributed by atoms with Crippen LogP contribution in [0.4, 0.5) is 0 Å². The van der Waals surface area contributed by atoms with Gasteiger partial charge in [-0.2, -0.15) is 0 Å². The molecule has 2 N–H and O–H groups in total. The van der Waals surface area contributed by atoms with E-state index in [0.29, 0.717) is 11.6 Å². The maximum Gasteiger partial charge on any atom is 0.193 e. The standard InChI is InChI=1S/C12H16ClN3O/c1-16-6-5-14-12(16)15-8-11(17)9-3-2-4-10(13)7-9/h2-4,7,11,17H,5-6,8H2,1H3,(H,14,15). The number of aliphatic hydroxyl groups excluding tert-OH is 1. The van der Waals surface area contributed by atoms with Gasteiger partial charge < -0.3 is 15.3 Å². The molecule has 0 aromatic heterocycles. The first-order chi connectivity index (χ1) is 8.16. The molecule has 4 nitrogen and oxygen atoms in total. The molecule has 17 heavy (non-hydrogen) atoms. The van der Waals surface area contributed by atoms with Crippen molar-refractivity contribution in [3.8, 4) is 0 Å². The van der Waals surface area contributed by atoms with Crippen molar-refractivity contribution in [1.29, 1.82) is 0 Å². The Morgan fingerprint density at radius 3 is 3.06 bits per heavy atom. The molecule has 1 aliphatic heterocycles. The van der Waals surface area contributed by atoms with Crippen LogP contribution in [0, 0.1) is 0 Å². The molecule has 0 radical (unpaired) electrons. The van der Waals surface area contributed by atoms with E-state index in [1.165, 1.54) is 0 Å². The Morgan fingerprint density at radius 2 is 2.41 bits per heavy atom. The van der Waals surface area contributed by atoms with Gasteiger partial charge in [-0.1, -0.05) is 23.7 Å². The maximum atomic E-state index is 10.00. The van der Waals surface area contributed by atoms with Gasteiger partial charge in [0.1, 0.15) is 0 Å². The summed E-state index contributed by atoms with van der Waals surface area (Å²) in [6.07, 6.45) is -0.578. The summed E-state index contributed by atoms with van der Waals surface area (Å²) in [5, 5.41) is 13.8. The lowest BCUT2D eigenvalue weighted by atomic mass is 10.1. The number of hydrogen-bond donors (Lipinski definition) is 2. The van der Waals surface area contributed by atoms with Crippen LogP contribution in [0.15, 0.2) is 29.3 Å². The number of aliphatic imine (C=N–C) groups is 1. The highest BCUT2D eigenvalue weighted by Crippen LogP contribution is 2.17. The Labute approximate surface area is 106 Å². The molecule has 0 saturated carbocycles. The summed E-state index contributed by atoms with van der Waals surface area (Å²) in [4.78, 5) is 6.33. The SMILES string of the molecule is CN1CCN=C1NCC(O)c1cccc(Cl)c1. The molecule has 92 valence electrons. The lowest BCUT2D eigenvalue weighted by molar-refractivity contribution is 0.180. The smallest absolute Gasteiger partial charge is 0.193 e. The van der Waals surface area contributed by atoms with E-state index in [2.05, 4.69) is 10.3 Å². The number of benzene rings is 1. The Balaban J connectivity index is 1.91. The Hall–Kier alpha value is -1.26. The van der Waals surface area contributed by atoms with E-state index in [4.69, 9.17) is 11.6 Å².